The van der Waals surface area contributed by atoms with Crippen LogP contribution in [0.1, 0.15) is 23.0 Å². The van der Waals surface area contributed by atoms with Crippen molar-refractivity contribution in [2.75, 3.05) is 17.7 Å². The third kappa shape index (κ3) is 4.92. The number of ether oxygens (including phenoxy) is 1. The first-order valence-corrected chi connectivity index (χ1v) is 8.11. The van der Waals surface area contributed by atoms with Crippen molar-refractivity contribution in [2.45, 2.75) is 18.9 Å². The Kier molecular flexibility index (Phi) is 6.07. The van der Waals surface area contributed by atoms with Crippen LogP contribution in [0.3, 0.4) is 0 Å². The van der Waals surface area contributed by atoms with Crippen molar-refractivity contribution in [3.63, 3.8) is 0 Å². The van der Waals surface area contributed by atoms with E-state index in [1.54, 1.807) is 38.1 Å². The van der Waals surface area contributed by atoms with Crippen LogP contribution in [0.25, 0.3) is 0 Å². The van der Waals surface area contributed by atoms with Crippen LogP contribution in [0.5, 0.6) is 0 Å². The Hall–Kier alpha value is -2.68. The van der Waals surface area contributed by atoms with Crippen LogP contribution in [0, 0.1) is 6.92 Å². The van der Waals surface area contributed by atoms with Gasteiger partial charge in [-0.15, -0.1) is 0 Å². The molecule has 9 heteroatoms. The highest BCUT2D eigenvalue weighted by Gasteiger charge is 2.09. The van der Waals surface area contributed by atoms with Gasteiger partial charge in [0.05, 0.1) is 23.6 Å². The summed E-state index contributed by atoms with van der Waals surface area (Å²) in [5.74, 6) is -0.585. The third-order valence-electron chi connectivity index (χ3n) is 2.85. The summed E-state index contributed by atoms with van der Waals surface area (Å²) in [5, 5.41) is 9.12. The van der Waals surface area contributed by atoms with Crippen molar-refractivity contribution in [3.05, 3.63) is 46.0 Å². The van der Waals surface area contributed by atoms with E-state index in [0.29, 0.717) is 28.6 Å². The summed E-state index contributed by atoms with van der Waals surface area (Å²) < 4.78 is 4.89. The zero-order valence-corrected chi connectivity index (χ0v) is 14.0. The number of carbonyl (C=O) groups is 2. The van der Waals surface area contributed by atoms with E-state index in [9.17, 15) is 14.4 Å². The number of hydrogen-bond donors (Lipinski definition) is 2. The fourth-order valence-corrected chi connectivity index (χ4v) is 2.49. The summed E-state index contributed by atoms with van der Waals surface area (Å²) in [7, 11) is 0. The lowest BCUT2D eigenvalue weighted by Gasteiger charge is -2.06. The molecule has 2 N–H and O–H groups in total. The maximum absolute atomic E-state index is 11.9. The number of nitrogens with one attached hydrogen (secondary N) is 2. The molecule has 8 nitrogen and oxygen atoms in total. The van der Waals surface area contributed by atoms with E-state index in [2.05, 4.69) is 20.5 Å². The molecule has 0 spiro atoms. The topological polar surface area (TPSA) is 114 Å². The van der Waals surface area contributed by atoms with E-state index in [1.807, 2.05) is 0 Å². The molecule has 0 saturated heterocycles. The molecule has 0 unspecified atom stereocenters. The predicted octanol–water partition coefficient (Wildman–Crippen LogP) is 1.38. The summed E-state index contributed by atoms with van der Waals surface area (Å²) in [5.41, 5.74) is 0.963. The van der Waals surface area contributed by atoms with Gasteiger partial charge in [0.25, 0.3) is 0 Å². The number of H-pyrrole nitrogens is 1. The molecule has 0 saturated carbocycles. The van der Waals surface area contributed by atoms with Gasteiger partial charge in [0.15, 0.2) is 0 Å². The van der Waals surface area contributed by atoms with Gasteiger partial charge >= 0.3 is 11.7 Å². The van der Waals surface area contributed by atoms with E-state index in [4.69, 9.17) is 4.74 Å². The first-order chi connectivity index (χ1) is 11.5. The number of nitrogens with zero attached hydrogens (tertiary/aromatic N) is 2. The lowest BCUT2D eigenvalue weighted by Crippen LogP contribution is -2.17. The van der Waals surface area contributed by atoms with Gasteiger partial charge < -0.3 is 10.1 Å². The molecule has 1 amide bonds. The fraction of sp³-hybridized carbons (Fsp3) is 0.267. The summed E-state index contributed by atoms with van der Waals surface area (Å²) in [4.78, 5) is 38.4. The number of carbonyl (C=O) groups excluding carboxylic acids is 2. The number of aryl methyl sites for hydroxylation is 1. The molecule has 0 atom stereocenters. The zero-order chi connectivity index (χ0) is 17.5. The molecule has 1 aromatic carbocycles. The summed E-state index contributed by atoms with van der Waals surface area (Å²) >= 11 is 1.12. The number of rotatable bonds is 6. The zero-order valence-electron chi connectivity index (χ0n) is 13.2. The molecule has 2 aromatic rings. The summed E-state index contributed by atoms with van der Waals surface area (Å²) in [6.07, 6.45) is 0. The highest BCUT2D eigenvalue weighted by molar-refractivity contribution is 8.00. The number of amides is 1. The molecule has 0 bridgehead atoms. The van der Waals surface area contributed by atoms with E-state index in [1.165, 1.54) is 0 Å². The molecule has 0 fully saturated rings. The Balaban J connectivity index is 1.91. The van der Waals surface area contributed by atoms with E-state index in [-0.39, 0.29) is 11.7 Å². The standard InChI is InChI=1S/C15H16N4O4S/c1-3-23-14(21)10-4-6-11(7-5-10)16-12(20)8-24-13-9(2)18-19-15(22)17-13/h4-7H,3,8H2,1-2H3,(H,16,20)(H,17,19,22). The Bertz CT molecular complexity index is 789. The second kappa shape index (κ2) is 8.25. The number of anilines is 1. The van der Waals surface area contributed by atoms with Crippen LogP contribution in [0.2, 0.25) is 0 Å². The second-order valence-electron chi connectivity index (χ2n) is 4.67. The quantitative estimate of drug-likeness (QED) is 0.599. The maximum Gasteiger partial charge on any atom is 0.362 e. The minimum Gasteiger partial charge on any atom is -0.462 e. The molecular formula is C15H16N4O4S. The number of aromatic amines is 1. The Morgan fingerprint density at radius 2 is 2.00 bits per heavy atom. The normalized spacial score (nSPS) is 10.2. The van der Waals surface area contributed by atoms with Gasteiger partial charge in [-0.3, -0.25) is 4.79 Å². The molecule has 2 rings (SSSR count). The van der Waals surface area contributed by atoms with Crippen LogP contribution in [0.4, 0.5) is 5.69 Å². The molecule has 1 heterocycles. The largest absolute Gasteiger partial charge is 0.462 e. The number of hydrogen-bond acceptors (Lipinski definition) is 7. The molecular weight excluding hydrogens is 332 g/mol. The maximum atomic E-state index is 11.9. The van der Waals surface area contributed by atoms with Crippen molar-refractivity contribution in [1.29, 1.82) is 0 Å². The average Bonchev–Trinajstić information content (AvgIpc) is 2.56. The fourth-order valence-electron chi connectivity index (χ4n) is 1.75. The van der Waals surface area contributed by atoms with Crippen molar-refractivity contribution >= 4 is 29.3 Å². The van der Waals surface area contributed by atoms with Gasteiger partial charge in [-0.25, -0.2) is 14.7 Å². The molecule has 0 aliphatic carbocycles. The van der Waals surface area contributed by atoms with Gasteiger partial charge in [0.2, 0.25) is 5.91 Å². The first-order valence-electron chi connectivity index (χ1n) is 7.12. The summed E-state index contributed by atoms with van der Waals surface area (Å²) in [6.45, 7) is 3.73. The van der Waals surface area contributed by atoms with Crippen LogP contribution in [0.15, 0.2) is 34.1 Å². The first kappa shape index (κ1) is 17.7. The van der Waals surface area contributed by atoms with Crippen molar-refractivity contribution in [1.82, 2.24) is 15.2 Å². The average molecular weight is 348 g/mol. The minimum atomic E-state index is -0.557. The Morgan fingerprint density at radius 1 is 1.29 bits per heavy atom. The lowest BCUT2D eigenvalue weighted by molar-refractivity contribution is -0.113. The number of aromatic nitrogens is 3. The number of thioether (sulfide) groups is 1. The summed E-state index contributed by atoms with van der Waals surface area (Å²) in [6, 6.07) is 6.39. The van der Waals surface area contributed by atoms with Crippen LogP contribution in [-0.2, 0) is 9.53 Å². The SMILES string of the molecule is CCOC(=O)c1ccc(NC(=O)CSc2nc(=O)[nH]nc2C)cc1. The van der Waals surface area contributed by atoms with Gasteiger partial charge in [-0.05, 0) is 38.1 Å². The van der Waals surface area contributed by atoms with Crippen LogP contribution >= 0.6 is 11.8 Å². The van der Waals surface area contributed by atoms with Crippen molar-refractivity contribution in [2.24, 2.45) is 0 Å². The minimum absolute atomic E-state index is 0.0819. The molecule has 126 valence electrons. The lowest BCUT2D eigenvalue weighted by atomic mass is 10.2. The van der Waals surface area contributed by atoms with E-state index < -0.39 is 11.7 Å². The molecule has 0 aliphatic heterocycles. The van der Waals surface area contributed by atoms with Crippen LogP contribution < -0.4 is 11.0 Å². The van der Waals surface area contributed by atoms with Gasteiger partial charge in [0, 0.05) is 5.69 Å². The predicted molar refractivity (Wildman–Crippen MR) is 89.1 cm³/mol. The molecule has 24 heavy (non-hydrogen) atoms. The number of esters is 1. The Labute approximate surface area is 142 Å². The molecule has 1 aromatic heterocycles. The number of benzene rings is 1. The van der Waals surface area contributed by atoms with Gasteiger partial charge in [-0.1, -0.05) is 11.8 Å². The van der Waals surface area contributed by atoms with Crippen LogP contribution in [-0.4, -0.2) is 39.4 Å². The molecule has 0 aliphatic rings. The molecule has 0 radical (unpaired) electrons. The van der Waals surface area contributed by atoms with Crippen molar-refractivity contribution in [3.8, 4) is 0 Å². The highest BCUT2D eigenvalue weighted by atomic mass is 32.2. The second-order valence-corrected chi connectivity index (χ2v) is 5.63. The van der Waals surface area contributed by atoms with Gasteiger partial charge in [-0.2, -0.15) is 10.1 Å². The Morgan fingerprint density at radius 3 is 2.67 bits per heavy atom. The van der Waals surface area contributed by atoms with Crippen molar-refractivity contribution < 1.29 is 14.3 Å². The smallest absolute Gasteiger partial charge is 0.362 e. The third-order valence-corrected chi connectivity index (χ3v) is 3.92. The van der Waals surface area contributed by atoms with E-state index >= 15 is 0 Å². The monoisotopic (exact) mass is 348 g/mol. The van der Waals surface area contributed by atoms with Gasteiger partial charge in [0.1, 0.15) is 5.03 Å². The van der Waals surface area contributed by atoms with E-state index in [0.717, 1.165) is 11.8 Å². The highest BCUT2D eigenvalue weighted by Crippen LogP contribution is 2.17.